The van der Waals surface area contributed by atoms with Crippen LogP contribution in [-0.2, 0) is 12.0 Å². The molecule has 0 spiro atoms. The minimum Gasteiger partial charge on any atom is -0.384 e. The van der Waals surface area contributed by atoms with Gasteiger partial charge in [-0.15, -0.1) is 0 Å². The predicted molar refractivity (Wildman–Crippen MR) is 116 cm³/mol. The summed E-state index contributed by atoms with van der Waals surface area (Å²) in [5, 5.41) is 11.6. The monoisotopic (exact) mass is 378 g/mol. The fourth-order valence-corrected chi connectivity index (χ4v) is 4.74. The Labute approximate surface area is 167 Å². The standard InChI is InChI=1S/C18H27FO.C7H16/c1-5-8-13(9-6-2)18(20)15-10-7-11-16(19)14(15)12-17(18,3)4;1-3-5-7-6-4-2/h7,10-11,13,20H,5-6,8-9,12H2,1-4H3;3-7H2,1-2H3. The van der Waals surface area contributed by atoms with Gasteiger partial charge in [0.15, 0.2) is 0 Å². The van der Waals surface area contributed by atoms with Gasteiger partial charge in [0, 0.05) is 5.41 Å². The average Bonchev–Trinajstić information content (AvgIpc) is 2.84. The van der Waals surface area contributed by atoms with Crippen molar-refractivity contribution in [1.29, 1.82) is 0 Å². The van der Waals surface area contributed by atoms with Gasteiger partial charge >= 0.3 is 0 Å². The SMILES string of the molecule is CCCC(CCC)C1(O)c2cccc(F)c2CC1(C)C.CCCCCCC. The van der Waals surface area contributed by atoms with Crippen LogP contribution in [0.2, 0.25) is 0 Å². The van der Waals surface area contributed by atoms with Crippen LogP contribution < -0.4 is 0 Å². The van der Waals surface area contributed by atoms with E-state index in [1.54, 1.807) is 6.07 Å². The van der Waals surface area contributed by atoms with Gasteiger partial charge in [-0.25, -0.2) is 4.39 Å². The molecule has 0 saturated carbocycles. The lowest BCUT2D eigenvalue weighted by atomic mass is 9.65. The Morgan fingerprint density at radius 2 is 1.48 bits per heavy atom. The lowest BCUT2D eigenvalue weighted by molar-refractivity contribution is -0.113. The van der Waals surface area contributed by atoms with Crippen LogP contribution in [0.25, 0.3) is 0 Å². The molecular formula is C25H43FO. The molecule has 27 heavy (non-hydrogen) atoms. The van der Waals surface area contributed by atoms with E-state index in [-0.39, 0.29) is 17.2 Å². The third-order valence-corrected chi connectivity index (χ3v) is 6.25. The summed E-state index contributed by atoms with van der Waals surface area (Å²) in [5.41, 5.74) is 0.329. The predicted octanol–water partition coefficient (Wildman–Crippen LogP) is 7.79. The normalized spacial score (nSPS) is 20.3. The molecule has 2 rings (SSSR count). The molecular weight excluding hydrogens is 335 g/mol. The van der Waals surface area contributed by atoms with Gasteiger partial charge in [-0.3, -0.25) is 0 Å². The van der Waals surface area contributed by atoms with E-state index in [2.05, 4.69) is 41.5 Å². The lowest BCUT2D eigenvalue weighted by Crippen LogP contribution is -2.45. The molecule has 0 amide bonds. The Morgan fingerprint density at radius 1 is 0.926 bits per heavy atom. The van der Waals surface area contributed by atoms with Crippen molar-refractivity contribution in [1.82, 2.24) is 0 Å². The quantitative estimate of drug-likeness (QED) is 0.435. The third kappa shape index (κ3) is 5.56. The van der Waals surface area contributed by atoms with Crippen LogP contribution in [0.5, 0.6) is 0 Å². The molecule has 1 aliphatic rings. The second-order valence-corrected chi connectivity index (χ2v) is 8.93. The van der Waals surface area contributed by atoms with E-state index in [1.807, 2.05) is 6.07 Å². The van der Waals surface area contributed by atoms with E-state index in [0.717, 1.165) is 36.8 Å². The summed E-state index contributed by atoms with van der Waals surface area (Å²) in [7, 11) is 0. The Bertz CT molecular complexity index is 541. The summed E-state index contributed by atoms with van der Waals surface area (Å²) in [6.45, 7) is 12.9. The number of rotatable bonds is 9. The number of halogens is 1. The molecule has 0 radical (unpaired) electrons. The minimum absolute atomic E-state index is 0.168. The number of fused-ring (bicyclic) bond motifs is 1. The first kappa shape index (κ1) is 24.1. The van der Waals surface area contributed by atoms with E-state index >= 15 is 0 Å². The van der Waals surface area contributed by atoms with E-state index in [0.29, 0.717) is 6.42 Å². The second kappa shape index (κ2) is 11.2. The van der Waals surface area contributed by atoms with E-state index in [9.17, 15) is 9.50 Å². The zero-order valence-corrected chi connectivity index (χ0v) is 18.7. The molecule has 0 bridgehead atoms. The zero-order valence-electron chi connectivity index (χ0n) is 18.7. The van der Waals surface area contributed by atoms with Gasteiger partial charge in [-0.1, -0.05) is 98.6 Å². The molecule has 0 aliphatic heterocycles. The molecule has 0 fully saturated rings. The topological polar surface area (TPSA) is 20.2 Å². The fourth-order valence-electron chi connectivity index (χ4n) is 4.74. The molecule has 1 atom stereocenters. The van der Waals surface area contributed by atoms with Crippen molar-refractivity contribution in [3.8, 4) is 0 Å². The highest BCUT2D eigenvalue weighted by Crippen LogP contribution is 2.56. The first-order valence-electron chi connectivity index (χ1n) is 11.3. The maximum Gasteiger partial charge on any atom is 0.126 e. The highest BCUT2D eigenvalue weighted by molar-refractivity contribution is 5.42. The smallest absolute Gasteiger partial charge is 0.126 e. The summed E-state index contributed by atoms with van der Waals surface area (Å²) in [6, 6.07) is 5.16. The summed E-state index contributed by atoms with van der Waals surface area (Å²) in [4.78, 5) is 0. The van der Waals surface area contributed by atoms with Gasteiger partial charge < -0.3 is 5.11 Å². The molecule has 1 aromatic carbocycles. The van der Waals surface area contributed by atoms with Crippen molar-refractivity contribution in [3.05, 3.63) is 35.1 Å². The van der Waals surface area contributed by atoms with Crippen LogP contribution in [0.1, 0.15) is 110 Å². The van der Waals surface area contributed by atoms with Gasteiger partial charge in [0.25, 0.3) is 0 Å². The minimum atomic E-state index is -0.906. The average molecular weight is 379 g/mol. The Morgan fingerprint density at radius 3 is 1.96 bits per heavy atom. The number of aliphatic hydroxyl groups is 1. The molecule has 1 N–H and O–H groups in total. The Kier molecular flexibility index (Phi) is 10.0. The molecule has 2 heteroatoms. The summed E-state index contributed by atoms with van der Waals surface area (Å²) in [5.74, 6) is 0.0359. The number of unbranched alkanes of at least 4 members (excludes halogenated alkanes) is 4. The van der Waals surface area contributed by atoms with E-state index in [4.69, 9.17) is 0 Å². The van der Waals surface area contributed by atoms with E-state index < -0.39 is 5.60 Å². The molecule has 1 unspecified atom stereocenters. The summed E-state index contributed by atoms with van der Waals surface area (Å²) in [6.07, 6.45) is 11.7. The maximum atomic E-state index is 14.1. The largest absolute Gasteiger partial charge is 0.384 e. The van der Waals surface area contributed by atoms with E-state index in [1.165, 1.54) is 38.2 Å². The fraction of sp³-hybridized carbons (Fsp3) is 0.760. The van der Waals surface area contributed by atoms with Crippen LogP contribution in [0.3, 0.4) is 0 Å². The lowest BCUT2D eigenvalue weighted by Gasteiger charge is -2.44. The van der Waals surface area contributed by atoms with Crippen molar-refractivity contribution < 1.29 is 9.50 Å². The Balaban J connectivity index is 0.000000445. The molecule has 1 aliphatic carbocycles. The zero-order chi connectivity index (χ0) is 20.5. The van der Waals surface area contributed by atoms with Crippen molar-refractivity contribution >= 4 is 0 Å². The third-order valence-electron chi connectivity index (χ3n) is 6.25. The number of hydrogen-bond acceptors (Lipinski definition) is 1. The first-order valence-corrected chi connectivity index (χ1v) is 11.3. The number of hydrogen-bond donors (Lipinski definition) is 1. The molecule has 156 valence electrons. The maximum absolute atomic E-state index is 14.1. The van der Waals surface area contributed by atoms with Crippen molar-refractivity contribution in [2.45, 2.75) is 111 Å². The van der Waals surface area contributed by atoms with Crippen LogP contribution in [0.15, 0.2) is 18.2 Å². The van der Waals surface area contributed by atoms with Crippen molar-refractivity contribution in [2.75, 3.05) is 0 Å². The highest BCUT2D eigenvalue weighted by atomic mass is 19.1. The summed E-state index contributed by atoms with van der Waals surface area (Å²) < 4.78 is 14.1. The second-order valence-electron chi connectivity index (χ2n) is 8.93. The highest BCUT2D eigenvalue weighted by Gasteiger charge is 2.55. The van der Waals surface area contributed by atoms with Crippen molar-refractivity contribution in [2.24, 2.45) is 11.3 Å². The number of benzene rings is 1. The van der Waals surface area contributed by atoms with Gasteiger partial charge in [0.05, 0.1) is 5.60 Å². The van der Waals surface area contributed by atoms with Gasteiger partial charge in [0.1, 0.15) is 5.82 Å². The molecule has 1 aromatic rings. The van der Waals surface area contributed by atoms with Crippen LogP contribution in [0, 0.1) is 17.2 Å². The molecule has 0 aromatic heterocycles. The van der Waals surface area contributed by atoms with Crippen LogP contribution >= 0.6 is 0 Å². The Hall–Kier alpha value is -0.890. The first-order chi connectivity index (χ1) is 12.8. The summed E-state index contributed by atoms with van der Waals surface area (Å²) >= 11 is 0. The van der Waals surface area contributed by atoms with Crippen LogP contribution in [0.4, 0.5) is 4.39 Å². The molecule has 0 heterocycles. The van der Waals surface area contributed by atoms with Crippen LogP contribution in [-0.4, -0.2) is 5.11 Å². The van der Waals surface area contributed by atoms with Gasteiger partial charge in [0.2, 0.25) is 0 Å². The van der Waals surface area contributed by atoms with Crippen molar-refractivity contribution in [3.63, 3.8) is 0 Å². The molecule has 1 nitrogen and oxygen atoms in total. The van der Waals surface area contributed by atoms with Gasteiger partial charge in [-0.2, -0.15) is 0 Å². The van der Waals surface area contributed by atoms with Gasteiger partial charge in [-0.05, 0) is 42.4 Å². The molecule has 0 saturated heterocycles.